The number of carbonyl (C=O) groups is 1. The summed E-state index contributed by atoms with van der Waals surface area (Å²) in [6, 6.07) is 12.1. The molecule has 3 heterocycles. The van der Waals surface area contributed by atoms with Crippen LogP contribution in [0.15, 0.2) is 30.3 Å². The highest BCUT2D eigenvalue weighted by atomic mass is 35.5. The zero-order valence-corrected chi connectivity index (χ0v) is 18.0. The Morgan fingerprint density at radius 1 is 1.11 bits per heavy atom. The summed E-state index contributed by atoms with van der Waals surface area (Å²) in [6.45, 7) is 4.07. The fraction of sp³-hybridized carbons (Fsp3) is 0.667. The molecule has 5 nitrogen and oxygen atoms in total. The number of nitrogens with one attached hydrogen (secondary N) is 2. The summed E-state index contributed by atoms with van der Waals surface area (Å²) in [7, 11) is 0. The molecule has 0 aromatic heterocycles. The second kappa shape index (κ2) is 11.4. The van der Waals surface area contributed by atoms with Gasteiger partial charge in [0.05, 0.1) is 19.3 Å². The molecule has 28 heavy (non-hydrogen) atoms. The lowest BCUT2D eigenvalue weighted by molar-refractivity contribution is -0.122. The van der Waals surface area contributed by atoms with Crippen LogP contribution in [-0.4, -0.2) is 55.7 Å². The zero-order valence-electron chi connectivity index (χ0n) is 16.3. The van der Waals surface area contributed by atoms with Crippen molar-refractivity contribution in [2.24, 2.45) is 5.92 Å². The van der Waals surface area contributed by atoms with Gasteiger partial charge in [-0.25, -0.2) is 0 Å². The van der Waals surface area contributed by atoms with E-state index < -0.39 is 0 Å². The zero-order chi connectivity index (χ0) is 17.8. The molecule has 158 valence electrons. The Balaban J connectivity index is 0.00000140. The smallest absolute Gasteiger partial charge is 0.220 e. The number of halogens is 2. The fourth-order valence-corrected chi connectivity index (χ4v) is 4.91. The van der Waals surface area contributed by atoms with E-state index in [1.54, 1.807) is 0 Å². The number of carbonyl (C=O) groups excluding carboxylic acids is 1. The van der Waals surface area contributed by atoms with Crippen LogP contribution in [0.4, 0.5) is 0 Å². The van der Waals surface area contributed by atoms with Crippen LogP contribution in [0, 0.1) is 5.92 Å². The quantitative estimate of drug-likeness (QED) is 0.729. The van der Waals surface area contributed by atoms with Gasteiger partial charge in [0.15, 0.2) is 0 Å². The van der Waals surface area contributed by atoms with Crippen molar-refractivity contribution >= 4 is 30.7 Å². The summed E-state index contributed by atoms with van der Waals surface area (Å²) in [4.78, 5) is 15.0. The normalized spacial score (nSPS) is 27.9. The highest BCUT2D eigenvalue weighted by Gasteiger charge is 2.34. The van der Waals surface area contributed by atoms with Gasteiger partial charge in [0.1, 0.15) is 0 Å². The molecule has 3 unspecified atom stereocenters. The molecule has 7 heteroatoms. The molecular weight excluding hydrogens is 397 g/mol. The van der Waals surface area contributed by atoms with Gasteiger partial charge in [-0.2, -0.15) is 0 Å². The number of fused-ring (bicyclic) bond motifs is 2. The Bertz CT molecular complexity index is 587. The molecule has 3 aliphatic rings. The van der Waals surface area contributed by atoms with Crippen molar-refractivity contribution in [3.8, 4) is 0 Å². The summed E-state index contributed by atoms with van der Waals surface area (Å²) >= 11 is 0. The molecular formula is C21H33Cl2N3O2. The van der Waals surface area contributed by atoms with E-state index in [2.05, 4.69) is 39.8 Å². The monoisotopic (exact) mass is 429 g/mol. The maximum atomic E-state index is 12.6. The minimum absolute atomic E-state index is 0. The van der Waals surface area contributed by atoms with Gasteiger partial charge in [-0.3, -0.25) is 9.69 Å². The molecule has 3 saturated heterocycles. The van der Waals surface area contributed by atoms with Crippen molar-refractivity contribution in [1.29, 1.82) is 0 Å². The van der Waals surface area contributed by atoms with Gasteiger partial charge < -0.3 is 15.4 Å². The predicted octanol–water partition coefficient (Wildman–Crippen LogP) is 2.94. The van der Waals surface area contributed by atoms with Gasteiger partial charge >= 0.3 is 0 Å². The molecule has 0 saturated carbocycles. The van der Waals surface area contributed by atoms with E-state index in [1.165, 1.54) is 18.4 Å². The Morgan fingerprint density at radius 2 is 1.75 bits per heavy atom. The van der Waals surface area contributed by atoms with Crippen LogP contribution in [0.1, 0.15) is 43.7 Å². The van der Waals surface area contributed by atoms with Crippen molar-refractivity contribution in [3.63, 3.8) is 0 Å². The molecule has 2 N–H and O–H groups in total. The number of piperidine rings is 1. The number of amides is 1. The van der Waals surface area contributed by atoms with Crippen molar-refractivity contribution < 1.29 is 9.53 Å². The van der Waals surface area contributed by atoms with Crippen molar-refractivity contribution in [2.75, 3.05) is 32.8 Å². The van der Waals surface area contributed by atoms with Crippen LogP contribution in [0.2, 0.25) is 0 Å². The molecule has 0 aliphatic carbocycles. The molecule has 3 aliphatic heterocycles. The lowest BCUT2D eigenvalue weighted by Crippen LogP contribution is -2.44. The molecule has 1 amide bonds. The first kappa shape index (κ1) is 23.4. The molecule has 0 spiro atoms. The molecule has 2 bridgehead atoms. The number of nitrogens with zero attached hydrogens (tertiary/aromatic N) is 1. The van der Waals surface area contributed by atoms with Gasteiger partial charge in [-0.1, -0.05) is 30.3 Å². The minimum atomic E-state index is 0. The van der Waals surface area contributed by atoms with Gasteiger partial charge in [0.25, 0.3) is 0 Å². The second-order valence-corrected chi connectivity index (χ2v) is 8.06. The van der Waals surface area contributed by atoms with E-state index in [4.69, 9.17) is 4.74 Å². The van der Waals surface area contributed by atoms with E-state index in [0.717, 1.165) is 39.1 Å². The van der Waals surface area contributed by atoms with Crippen LogP contribution in [-0.2, 0) is 9.53 Å². The van der Waals surface area contributed by atoms with Crippen molar-refractivity contribution in [3.05, 3.63) is 35.9 Å². The minimum Gasteiger partial charge on any atom is -0.379 e. The molecule has 3 fully saturated rings. The number of rotatable bonds is 6. The lowest BCUT2D eigenvalue weighted by atomic mass is 9.89. The number of morpholine rings is 1. The Kier molecular flexibility index (Phi) is 9.51. The number of ether oxygens (including phenoxy) is 1. The number of hydrogen-bond donors (Lipinski definition) is 2. The molecule has 1 aromatic rings. The Hall–Kier alpha value is -0.850. The van der Waals surface area contributed by atoms with E-state index in [0.29, 0.717) is 31.0 Å². The third kappa shape index (κ3) is 6.07. The van der Waals surface area contributed by atoms with Crippen LogP contribution in [0.3, 0.4) is 0 Å². The first-order chi connectivity index (χ1) is 12.8. The fourth-order valence-electron chi connectivity index (χ4n) is 4.91. The summed E-state index contributed by atoms with van der Waals surface area (Å²) in [5, 5.41) is 6.89. The maximum Gasteiger partial charge on any atom is 0.220 e. The topological polar surface area (TPSA) is 53.6 Å². The maximum absolute atomic E-state index is 12.6. The van der Waals surface area contributed by atoms with Crippen molar-refractivity contribution in [2.45, 2.75) is 50.2 Å². The van der Waals surface area contributed by atoms with Crippen molar-refractivity contribution in [1.82, 2.24) is 15.5 Å². The lowest BCUT2D eigenvalue weighted by Gasteiger charge is -2.35. The molecule has 1 aromatic carbocycles. The largest absolute Gasteiger partial charge is 0.379 e. The standard InChI is InChI=1S/C21H31N3O2.2ClH/c25-21(14-16-12-18-6-7-19(13-16)23-18)22-15-20(17-4-2-1-3-5-17)24-8-10-26-11-9-24;;/h1-5,16,18-20,23H,6-15H2,(H,22,25);2*1H. The third-order valence-corrected chi connectivity index (χ3v) is 6.21. The SMILES string of the molecule is Cl.Cl.O=C(CC1CC2CCC(C1)N2)NCC(c1ccccc1)N1CCOCC1. The Labute approximate surface area is 180 Å². The van der Waals surface area contributed by atoms with E-state index >= 15 is 0 Å². The molecule has 0 radical (unpaired) electrons. The van der Waals surface area contributed by atoms with Crippen LogP contribution in [0.5, 0.6) is 0 Å². The molecule has 4 rings (SSSR count). The highest BCUT2D eigenvalue weighted by molar-refractivity contribution is 5.85. The van der Waals surface area contributed by atoms with Crippen LogP contribution in [0.25, 0.3) is 0 Å². The summed E-state index contributed by atoms with van der Waals surface area (Å²) in [5.41, 5.74) is 1.27. The summed E-state index contributed by atoms with van der Waals surface area (Å²) < 4.78 is 5.50. The van der Waals surface area contributed by atoms with E-state index in [1.807, 2.05) is 6.07 Å². The average Bonchev–Trinajstić information content (AvgIpc) is 3.02. The van der Waals surface area contributed by atoms with E-state index in [-0.39, 0.29) is 36.8 Å². The Morgan fingerprint density at radius 3 is 2.39 bits per heavy atom. The number of hydrogen-bond acceptors (Lipinski definition) is 4. The first-order valence-electron chi connectivity index (χ1n) is 10.2. The predicted molar refractivity (Wildman–Crippen MR) is 116 cm³/mol. The summed E-state index contributed by atoms with van der Waals surface area (Å²) in [6.07, 6.45) is 5.58. The van der Waals surface area contributed by atoms with Crippen LogP contribution < -0.4 is 10.6 Å². The molecule has 3 atom stereocenters. The summed E-state index contributed by atoms with van der Waals surface area (Å²) in [5.74, 6) is 0.762. The highest BCUT2D eigenvalue weighted by Crippen LogP contribution is 2.32. The average molecular weight is 430 g/mol. The van der Waals surface area contributed by atoms with Gasteiger partial charge in [-0.05, 0) is 37.2 Å². The van der Waals surface area contributed by atoms with E-state index in [9.17, 15) is 4.79 Å². The van der Waals surface area contributed by atoms with Crippen LogP contribution >= 0.6 is 24.8 Å². The first-order valence-corrected chi connectivity index (χ1v) is 10.2. The number of benzene rings is 1. The van der Waals surface area contributed by atoms with Gasteiger partial charge in [0, 0.05) is 38.1 Å². The third-order valence-electron chi connectivity index (χ3n) is 6.21. The second-order valence-electron chi connectivity index (χ2n) is 8.06. The van der Waals surface area contributed by atoms with Gasteiger partial charge in [0.2, 0.25) is 5.91 Å². The van der Waals surface area contributed by atoms with Gasteiger partial charge in [-0.15, -0.1) is 24.8 Å².